The molecule has 0 fully saturated rings. The Balaban J connectivity index is 1.36. The Labute approximate surface area is 235 Å². The number of hydrogen-bond acceptors (Lipinski definition) is 2. The van der Waals surface area contributed by atoms with Crippen LogP contribution in [0.4, 0.5) is 0 Å². The minimum atomic E-state index is 0.900. The lowest BCUT2D eigenvalue weighted by molar-refractivity contribution is 0.671. The summed E-state index contributed by atoms with van der Waals surface area (Å²) in [6.45, 7) is 0. The minimum absolute atomic E-state index is 0.900. The maximum atomic E-state index is 6.55. The van der Waals surface area contributed by atoms with E-state index in [1.165, 1.54) is 10.8 Å². The van der Waals surface area contributed by atoms with Crippen LogP contribution in [0.15, 0.2) is 144 Å². The number of fused-ring (bicyclic) bond motifs is 8. The molecule has 0 aliphatic carbocycles. The third-order valence-electron chi connectivity index (χ3n) is 8.12. The van der Waals surface area contributed by atoms with Crippen molar-refractivity contribution in [1.29, 1.82) is 0 Å². The van der Waals surface area contributed by atoms with Crippen LogP contribution in [-0.4, -0.2) is 14.1 Å². The number of rotatable bonds is 3. The van der Waals surface area contributed by atoms with Crippen molar-refractivity contribution in [2.75, 3.05) is 0 Å². The number of hydrogen-bond donors (Lipinski definition) is 0. The van der Waals surface area contributed by atoms with Gasteiger partial charge in [-0.3, -0.25) is 4.57 Å². The van der Waals surface area contributed by atoms with Gasteiger partial charge >= 0.3 is 0 Å². The fourth-order valence-corrected chi connectivity index (χ4v) is 6.34. The van der Waals surface area contributed by atoms with Crippen LogP contribution in [-0.2, 0) is 0 Å². The molecule has 0 atom stereocenters. The summed E-state index contributed by atoms with van der Waals surface area (Å²) in [5.41, 5.74) is 9.27. The van der Waals surface area contributed by atoms with E-state index < -0.39 is 0 Å². The topological polar surface area (TPSA) is 35.9 Å². The maximum absolute atomic E-state index is 6.55. The maximum Gasteiger partial charge on any atom is 0.160 e. The quantitative estimate of drug-likeness (QED) is 0.230. The first-order chi connectivity index (χ1) is 20.3. The molecule has 192 valence electrons. The summed E-state index contributed by atoms with van der Waals surface area (Å²) in [6, 6.07) is 48.8. The Hall–Kier alpha value is -5.61. The highest BCUT2D eigenvalue weighted by Crippen LogP contribution is 2.40. The molecule has 9 rings (SSSR count). The van der Waals surface area contributed by atoms with Gasteiger partial charge in [0.2, 0.25) is 0 Å². The molecular weight excluding hydrogens is 502 g/mol. The molecule has 0 aliphatic rings. The zero-order chi connectivity index (χ0) is 26.9. The molecule has 41 heavy (non-hydrogen) atoms. The van der Waals surface area contributed by atoms with E-state index in [1.807, 2.05) is 24.3 Å². The number of nitrogens with zero attached hydrogens (tertiary/aromatic N) is 3. The van der Waals surface area contributed by atoms with Gasteiger partial charge in [0.15, 0.2) is 5.58 Å². The van der Waals surface area contributed by atoms with E-state index >= 15 is 0 Å². The Kier molecular flexibility index (Phi) is 4.58. The van der Waals surface area contributed by atoms with Crippen LogP contribution >= 0.6 is 0 Å². The van der Waals surface area contributed by atoms with Crippen molar-refractivity contribution in [2.45, 2.75) is 0 Å². The highest BCUT2D eigenvalue weighted by molar-refractivity contribution is 6.21. The van der Waals surface area contributed by atoms with Crippen molar-refractivity contribution < 1.29 is 4.42 Å². The molecule has 0 saturated carbocycles. The van der Waals surface area contributed by atoms with Crippen molar-refractivity contribution in [3.63, 3.8) is 0 Å². The lowest BCUT2D eigenvalue weighted by Gasteiger charge is -2.12. The molecular formula is C37H23N3O. The second-order valence-electron chi connectivity index (χ2n) is 10.4. The van der Waals surface area contributed by atoms with Crippen LogP contribution in [0, 0.1) is 0 Å². The summed E-state index contributed by atoms with van der Waals surface area (Å²) in [4.78, 5) is 5.12. The Morgan fingerprint density at radius 1 is 0.488 bits per heavy atom. The second-order valence-corrected chi connectivity index (χ2v) is 10.4. The van der Waals surface area contributed by atoms with Gasteiger partial charge in [-0.25, -0.2) is 4.98 Å². The van der Waals surface area contributed by atoms with Gasteiger partial charge in [-0.2, -0.15) is 0 Å². The largest absolute Gasteiger partial charge is 0.454 e. The van der Waals surface area contributed by atoms with E-state index in [9.17, 15) is 0 Å². The van der Waals surface area contributed by atoms with Gasteiger partial charge < -0.3 is 8.98 Å². The van der Waals surface area contributed by atoms with Gasteiger partial charge in [-0.1, -0.05) is 84.9 Å². The molecule has 3 aromatic heterocycles. The van der Waals surface area contributed by atoms with Gasteiger partial charge in [0, 0.05) is 38.5 Å². The van der Waals surface area contributed by atoms with Crippen molar-refractivity contribution >= 4 is 54.8 Å². The molecule has 4 nitrogen and oxygen atoms in total. The van der Waals surface area contributed by atoms with Crippen LogP contribution in [0.25, 0.3) is 77.5 Å². The van der Waals surface area contributed by atoms with Crippen LogP contribution in [0.1, 0.15) is 0 Å². The molecule has 0 spiro atoms. The summed E-state index contributed by atoms with van der Waals surface area (Å²) in [6.07, 6.45) is 0. The predicted molar refractivity (Wildman–Crippen MR) is 168 cm³/mol. The lowest BCUT2D eigenvalue weighted by Crippen LogP contribution is -1.99. The van der Waals surface area contributed by atoms with E-state index in [1.54, 1.807) is 0 Å². The predicted octanol–water partition coefficient (Wildman–Crippen LogP) is 9.69. The van der Waals surface area contributed by atoms with E-state index in [-0.39, 0.29) is 0 Å². The number of benzene rings is 6. The molecule has 0 bridgehead atoms. The molecule has 0 amide bonds. The molecule has 9 aromatic rings. The van der Waals surface area contributed by atoms with Gasteiger partial charge in [-0.15, -0.1) is 0 Å². The van der Waals surface area contributed by atoms with Gasteiger partial charge in [0.25, 0.3) is 0 Å². The third kappa shape index (κ3) is 3.19. The lowest BCUT2D eigenvalue weighted by atomic mass is 10.1. The van der Waals surface area contributed by atoms with Crippen molar-refractivity contribution in [2.24, 2.45) is 0 Å². The molecule has 0 N–H and O–H groups in total. The first kappa shape index (κ1) is 22.2. The standard InChI is InChI=1S/C37H23N3O/c1-2-12-25(13-3-1)40-33-19-8-6-17-31(33)38-37(40)24-11-10-14-26(23-24)39-32-18-7-4-15-27(32)29-21-22-30-28-16-5-9-20-34(28)41-36(30)35(29)39/h1-23H. The first-order valence-electron chi connectivity index (χ1n) is 13.8. The average molecular weight is 526 g/mol. The Morgan fingerprint density at radius 2 is 1.20 bits per heavy atom. The number of aromatic nitrogens is 3. The molecule has 4 heteroatoms. The van der Waals surface area contributed by atoms with Crippen LogP contribution in [0.2, 0.25) is 0 Å². The van der Waals surface area contributed by atoms with Crippen LogP contribution in [0.3, 0.4) is 0 Å². The van der Waals surface area contributed by atoms with Gasteiger partial charge in [0.1, 0.15) is 11.4 Å². The molecule has 0 unspecified atom stereocenters. The SMILES string of the molecule is c1ccc(-n2c(-c3cccc(-n4c5ccccc5c5ccc6c7ccccc7oc6c54)c3)nc3ccccc32)cc1. The highest BCUT2D eigenvalue weighted by atomic mass is 16.3. The average Bonchev–Trinajstić information content (AvgIpc) is 3.71. The first-order valence-corrected chi connectivity index (χ1v) is 13.8. The Morgan fingerprint density at radius 3 is 2.10 bits per heavy atom. The number of imidazole rings is 1. The minimum Gasteiger partial charge on any atom is -0.454 e. The summed E-state index contributed by atoms with van der Waals surface area (Å²) in [7, 11) is 0. The van der Waals surface area contributed by atoms with Crippen LogP contribution < -0.4 is 0 Å². The number of para-hydroxylation sites is 5. The third-order valence-corrected chi connectivity index (χ3v) is 8.12. The van der Waals surface area contributed by atoms with Crippen LogP contribution in [0.5, 0.6) is 0 Å². The van der Waals surface area contributed by atoms with Gasteiger partial charge in [-0.05, 0) is 54.6 Å². The zero-order valence-corrected chi connectivity index (χ0v) is 22.0. The van der Waals surface area contributed by atoms with E-state index in [0.29, 0.717) is 0 Å². The van der Waals surface area contributed by atoms with E-state index in [2.05, 4.69) is 124 Å². The van der Waals surface area contributed by atoms with Crippen molar-refractivity contribution in [3.05, 3.63) is 140 Å². The smallest absolute Gasteiger partial charge is 0.160 e. The molecule has 0 radical (unpaired) electrons. The zero-order valence-electron chi connectivity index (χ0n) is 22.0. The number of furan rings is 1. The van der Waals surface area contributed by atoms with Crippen molar-refractivity contribution in [3.8, 4) is 22.8 Å². The van der Waals surface area contributed by atoms with E-state index in [4.69, 9.17) is 9.40 Å². The molecule has 0 aliphatic heterocycles. The fraction of sp³-hybridized carbons (Fsp3) is 0. The van der Waals surface area contributed by atoms with E-state index in [0.717, 1.165) is 66.8 Å². The monoisotopic (exact) mass is 525 g/mol. The summed E-state index contributed by atoms with van der Waals surface area (Å²) in [5, 5.41) is 4.63. The molecule has 0 saturated heterocycles. The summed E-state index contributed by atoms with van der Waals surface area (Å²) < 4.78 is 11.1. The Bertz CT molecular complexity index is 2420. The summed E-state index contributed by atoms with van der Waals surface area (Å²) in [5.74, 6) is 0.911. The van der Waals surface area contributed by atoms with Gasteiger partial charge in [0.05, 0.1) is 22.1 Å². The normalized spacial score (nSPS) is 11.9. The highest BCUT2D eigenvalue weighted by Gasteiger charge is 2.20. The summed E-state index contributed by atoms with van der Waals surface area (Å²) >= 11 is 0. The molecule has 6 aromatic carbocycles. The van der Waals surface area contributed by atoms with Crippen molar-refractivity contribution in [1.82, 2.24) is 14.1 Å². The second kappa shape index (κ2) is 8.44. The fourth-order valence-electron chi connectivity index (χ4n) is 6.34. The molecule has 3 heterocycles.